The van der Waals surface area contributed by atoms with Gasteiger partial charge in [-0.3, -0.25) is 4.79 Å². The van der Waals surface area contributed by atoms with Crippen LogP contribution in [0.4, 0.5) is 4.79 Å². The van der Waals surface area contributed by atoms with Crippen molar-refractivity contribution >= 4 is 18.1 Å². The fraction of sp³-hybridized carbons (Fsp3) is 0.267. The number of carboxylic acid groups (broad SMARTS) is 1. The number of rotatable bonds is 10. The first kappa shape index (κ1) is 27.5. The molecule has 1 atom stereocenters. The predicted octanol–water partition coefficient (Wildman–Crippen LogP) is 5.76. The van der Waals surface area contributed by atoms with Crippen LogP contribution in [0.1, 0.15) is 49.1 Å². The summed E-state index contributed by atoms with van der Waals surface area (Å²) in [6.45, 7) is 9.18. The number of carbonyl (C=O) groups excluding carboxylic acids is 1. The van der Waals surface area contributed by atoms with Gasteiger partial charge in [0.1, 0.15) is 18.0 Å². The van der Waals surface area contributed by atoms with Gasteiger partial charge in [-0.15, -0.1) is 0 Å². The zero-order chi connectivity index (χ0) is 27.0. The van der Waals surface area contributed by atoms with Gasteiger partial charge >= 0.3 is 12.1 Å². The van der Waals surface area contributed by atoms with Gasteiger partial charge in [-0.25, -0.2) is 4.79 Å². The van der Waals surface area contributed by atoms with Crippen molar-refractivity contribution in [3.8, 4) is 16.9 Å². The molecule has 3 N–H and O–H groups in total. The quantitative estimate of drug-likeness (QED) is 0.325. The molecule has 0 radical (unpaired) electrons. The molecule has 0 fully saturated rings. The number of para-hydroxylation sites is 1. The average Bonchev–Trinajstić information content (AvgIpc) is 2.85. The Hall–Kier alpha value is -4.10. The number of hydrogen-bond donors (Lipinski definition) is 3. The molecule has 1 amide bonds. The van der Waals surface area contributed by atoms with Gasteiger partial charge in [0.25, 0.3) is 0 Å². The van der Waals surface area contributed by atoms with E-state index < -0.39 is 23.7 Å². The van der Waals surface area contributed by atoms with Crippen molar-refractivity contribution in [3.05, 3.63) is 95.6 Å². The Morgan fingerprint density at radius 3 is 2.46 bits per heavy atom. The van der Waals surface area contributed by atoms with Crippen molar-refractivity contribution < 1.29 is 29.3 Å². The number of amides is 1. The molecule has 1 unspecified atom stereocenters. The SMILES string of the molecule is C=Cc1cc(COc2ccccc2CC(=O)O)cc(-c2cccc(C(CO)NC(=O)OC(C)(C)C)c2)c1. The number of aliphatic carboxylic acids is 1. The van der Waals surface area contributed by atoms with Crippen LogP contribution >= 0.6 is 0 Å². The fourth-order valence-electron chi connectivity index (χ4n) is 3.82. The summed E-state index contributed by atoms with van der Waals surface area (Å²) in [4.78, 5) is 23.4. The molecule has 0 saturated carbocycles. The van der Waals surface area contributed by atoms with Gasteiger partial charge in [0, 0.05) is 5.56 Å². The maximum atomic E-state index is 12.3. The largest absolute Gasteiger partial charge is 0.489 e. The lowest BCUT2D eigenvalue weighted by Gasteiger charge is -2.23. The molecule has 3 aromatic carbocycles. The molecule has 0 aliphatic rings. The van der Waals surface area contributed by atoms with Gasteiger partial charge in [-0.2, -0.15) is 0 Å². The Morgan fingerprint density at radius 1 is 1.03 bits per heavy atom. The lowest BCUT2D eigenvalue weighted by molar-refractivity contribution is -0.136. The van der Waals surface area contributed by atoms with E-state index >= 15 is 0 Å². The first-order chi connectivity index (χ1) is 17.6. The fourth-order valence-corrected chi connectivity index (χ4v) is 3.82. The van der Waals surface area contributed by atoms with E-state index in [-0.39, 0.29) is 19.6 Å². The van der Waals surface area contributed by atoms with Crippen LogP contribution in [0.3, 0.4) is 0 Å². The Labute approximate surface area is 217 Å². The molecule has 7 nitrogen and oxygen atoms in total. The molecule has 0 spiro atoms. The molecule has 3 aromatic rings. The third-order valence-electron chi connectivity index (χ3n) is 5.46. The molecule has 3 rings (SSSR count). The van der Waals surface area contributed by atoms with Gasteiger partial charge in [0.15, 0.2) is 0 Å². The Kier molecular flexibility index (Phi) is 9.09. The summed E-state index contributed by atoms with van der Waals surface area (Å²) in [5.74, 6) is -0.398. The number of aliphatic hydroxyl groups excluding tert-OH is 1. The number of alkyl carbamates (subject to hydrolysis) is 1. The summed E-state index contributed by atoms with van der Waals surface area (Å²) in [6.07, 6.45) is 1.02. The lowest BCUT2D eigenvalue weighted by atomic mass is 9.96. The van der Waals surface area contributed by atoms with Crippen LogP contribution in [0.5, 0.6) is 5.75 Å². The van der Waals surface area contributed by atoms with Crippen LogP contribution in [0.25, 0.3) is 17.2 Å². The molecular weight excluding hydrogens is 470 g/mol. The molecule has 0 aliphatic heterocycles. The highest BCUT2D eigenvalue weighted by Crippen LogP contribution is 2.28. The Morgan fingerprint density at radius 2 is 1.78 bits per heavy atom. The minimum absolute atomic E-state index is 0.121. The van der Waals surface area contributed by atoms with E-state index in [4.69, 9.17) is 9.47 Å². The number of carbonyl (C=O) groups is 2. The number of nitrogens with one attached hydrogen (secondary N) is 1. The Bertz CT molecular complexity index is 1260. The molecule has 0 aromatic heterocycles. The summed E-state index contributed by atoms with van der Waals surface area (Å²) in [7, 11) is 0. The minimum atomic E-state index is -0.922. The van der Waals surface area contributed by atoms with Crippen LogP contribution in [-0.2, 0) is 22.6 Å². The predicted molar refractivity (Wildman–Crippen MR) is 143 cm³/mol. The molecule has 0 bridgehead atoms. The lowest BCUT2D eigenvalue weighted by Crippen LogP contribution is -2.36. The maximum absolute atomic E-state index is 12.3. The monoisotopic (exact) mass is 503 g/mol. The van der Waals surface area contributed by atoms with Crippen molar-refractivity contribution in [1.29, 1.82) is 0 Å². The summed E-state index contributed by atoms with van der Waals surface area (Å²) in [5, 5.41) is 21.8. The maximum Gasteiger partial charge on any atom is 0.408 e. The van der Waals surface area contributed by atoms with Gasteiger partial charge in [0.2, 0.25) is 0 Å². The number of carboxylic acids is 1. The third-order valence-corrected chi connectivity index (χ3v) is 5.46. The first-order valence-electron chi connectivity index (χ1n) is 12.0. The third kappa shape index (κ3) is 8.22. The summed E-state index contributed by atoms with van der Waals surface area (Å²) >= 11 is 0. The van der Waals surface area contributed by atoms with Crippen LogP contribution < -0.4 is 10.1 Å². The molecule has 37 heavy (non-hydrogen) atoms. The second-order valence-electron chi connectivity index (χ2n) is 9.64. The highest BCUT2D eigenvalue weighted by atomic mass is 16.6. The zero-order valence-electron chi connectivity index (χ0n) is 21.4. The summed E-state index contributed by atoms with van der Waals surface area (Å²) in [5.41, 5.74) is 4.26. The van der Waals surface area contributed by atoms with Crippen molar-refractivity contribution in [2.75, 3.05) is 6.61 Å². The molecule has 0 heterocycles. The average molecular weight is 504 g/mol. The molecule has 7 heteroatoms. The van der Waals surface area contributed by atoms with Gasteiger partial charge in [-0.05, 0) is 78.9 Å². The van der Waals surface area contributed by atoms with E-state index in [0.29, 0.717) is 11.3 Å². The topological polar surface area (TPSA) is 105 Å². The van der Waals surface area contributed by atoms with E-state index in [1.807, 2.05) is 42.5 Å². The molecule has 194 valence electrons. The van der Waals surface area contributed by atoms with E-state index in [1.165, 1.54) is 0 Å². The van der Waals surface area contributed by atoms with E-state index in [2.05, 4.69) is 11.9 Å². The second-order valence-corrected chi connectivity index (χ2v) is 9.64. The molecule has 0 saturated heterocycles. The highest BCUT2D eigenvalue weighted by molar-refractivity contribution is 5.72. The van der Waals surface area contributed by atoms with Crippen molar-refractivity contribution in [2.45, 2.75) is 45.4 Å². The number of hydrogen-bond acceptors (Lipinski definition) is 5. The summed E-state index contributed by atoms with van der Waals surface area (Å²) in [6, 6.07) is 19.9. The van der Waals surface area contributed by atoms with Gasteiger partial charge in [0.05, 0.1) is 19.1 Å². The van der Waals surface area contributed by atoms with Crippen LogP contribution in [-0.4, -0.2) is 34.5 Å². The van der Waals surface area contributed by atoms with E-state index in [0.717, 1.165) is 27.8 Å². The minimum Gasteiger partial charge on any atom is -0.489 e. The van der Waals surface area contributed by atoms with Gasteiger partial charge in [-0.1, -0.05) is 49.1 Å². The highest BCUT2D eigenvalue weighted by Gasteiger charge is 2.20. The number of ether oxygens (including phenoxy) is 2. The van der Waals surface area contributed by atoms with Crippen molar-refractivity contribution in [2.24, 2.45) is 0 Å². The number of aliphatic hydroxyl groups is 1. The number of benzene rings is 3. The zero-order valence-corrected chi connectivity index (χ0v) is 21.4. The standard InChI is InChI=1S/C30H33NO6/c1-5-20-13-21(19-36-27-12-7-6-9-24(27)17-28(33)34)15-25(14-20)22-10-8-11-23(16-22)26(18-32)31-29(35)37-30(2,3)4/h5-16,26,32H,1,17-19H2,2-4H3,(H,31,35)(H,33,34). The van der Waals surface area contributed by atoms with Gasteiger partial charge < -0.3 is 25.0 Å². The first-order valence-corrected chi connectivity index (χ1v) is 12.0. The smallest absolute Gasteiger partial charge is 0.408 e. The normalized spacial score (nSPS) is 11.9. The van der Waals surface area contributed by atoms with Crippen molar-refractivity contribution in [3.63, 3.8) is 0 Å². The van der Waals surface area contributed by atoms with Crippen molar-refractivity contribution in [1.82, 2.24) is 5.32 Å². The molecular formula is C30H33NO6. The molecule has 0 aliphatic carbocycles. The van der Waals surface area contributed by atoms with E-state index in [9.17, 15) is 19.8 Å². The second kappa shape index (κ2) is 12.2. The van der Waals surface area contributed by atoms with Crippen LogP contribution in [0.15, 0.2) is 73.3 Å². The van der Waals surface area contributed by atoms with E-state index in [1.54, 1.807) is 51.1 Å². The van der Waals surface area contributed by atoms with Crippen LogP contribution in [0.2, 0.25) is 0 Å². The van der Waals surface area contributed by atoms with Crippen LogP contribution in [0, 0.1) is 0 Å². The summed E-state index contributed by atoms with van der Waals surface area (Å²) < 4.78 is 11.3. The Balaban J connectivity index is 1.84.